The van der Waals surface area contributed by atoms with Gasteiger partial charge in [0.2, 0.25) is 0 Å². The maximum atomic E-state index is 10.9. The smallest absolute Gasteiger partial charge is 0.463 e. The van der Waals surface area contributed by atoms with E-state index in [-0.39, 0.29) is 5.97 Å². The molecule has 0 N–H and O–H groups in total. The molecule has 0 saturated carbocycles. The Hall–Kier alpha value is -2.58. The Bertz CT molecular complexity index is 820. The highest BCUT2D eigenvalue weighted by Gasteiger charge is 2.20. The first kappa shape index (κ1) is 29.5. The summed E-state index contributed by atoms with van der Waals surface area (Å²) in [7, 11) is -6.00. The van der Waals surface area contributed by atoms with Gasteiger partial charge < -0.3 is 22.0 Å². The number of esters is 1. The molecule has 4 nitrogen and oxygen atoms in total. The van der Waals surface area contributed by atoms with E-state index in [2.05, 4.69) is 65.4 Å². The van der Waals surface area contributed by atoms with Crippen LogP contribution in [0.1, 0.15) is 64.7 Å². The van der Waals surface area contributed by atoms with E-state index in [0.29, 0.717) is 6.61 Å². The molecule has 0 spiro atoms. The number of unbranched alkanes of at least 4 members (excludes halogenated alkanes) is 8. The summed E-state index contributed by atoms with van der Waals surface area (Å²) in [5.41, 5.74) is 1.29. The molecular formula is C25H37BF4N2O2. The van der Waals surface area contributed by atoms with E-state index in [1.165, 1.54) is 62.4 Å². The maximum absolute atomic E-state index is 10.9. The van der Waals surface area contributed by atoms with Crippen LogP contribution < -0.4 is 4.57 Å². The SMILES string of the molecule is C=CC(=O)OCCCCCCCCCCC[n+]1ccn(CC)c1-c1ccccc1.F[B-](F)(F)F. The number of halogens is 4. The van der Waals surface area contributed by atoms with Crippen LogP contribution in [0.2, 0.25) is 0 Å². The van der Waals surface area contributed by atoms with E-state index in [0.717, 1.165) is 25.9 Å². The second-order valence-corrected chi connectivity index (χ2v) is 8.02. The van der Waals surface area contributed by atoms with Gasteiger partial charge in [-0.15, -0.1) is 0 Å². The van der Waals surface area contributed by atoms with Crippen LogP contribution in [-0.2, 0) is 22.6 Å². The van der Waals surface area contributed by atoms with Crippen LogP contribution in [0.5, 0.6) is 0 Å². The largest absolute Gasteiger partial charge is 0.673 e. The van der Waals surface area contributed by atoms with Gasteiger partial charge >= 0.3 is 13.2 Å². The number of carbonyl (C=O) groups excluding carboxylic acids is 1. The van der Waals surface area contributed by atoms with Gasteiger partial charge in [0.15, 0.2) is 0 Å². The fourth-order valence-corrected chi connectivity index (χ4v) is 3.67. The lowest BCUT2D eigenvalue weighted by molar-refractivity contribution is -0.686. The number of hydrogen-bond donors (Lipinski definition) is 0. The van der Waals surface area contributed by atoms with Gasteiger partial charge in [0.25, 0.3) is 5.82 Å². The van der Waals surface area contributed by atoms with E-state index >= 15 is 0 Å². The van der Waals surface area contributed by atoms with Crippen molar-refractivity contribution in [1.82, 2.24) is 4.57 Å². The zero-order chi connectivity index (χ0) is 25.2. The zero-order valence-corrected chi connectivity index (χ0v) is 20.1. The molecule has 0 unspecified atom stereocenters. The third-order valence-electron chi connectivity index (χ3n) is 5.30. The van der Waals surface area contributed by atoms with Crippen molar-refractivity contribution in [3.63, 3.8) is 0 Å². The summed E-state index contributed by atoms with van der Waals surface area (Å²) >= 11 is 0. The van der Waals surface area contributed by atoms with E-state index in [4.69, 9.17) is 4.74 Å². The van der Waals surface area contributed by atoms with Gasteiger partial charge in [-0.1, -0.05) is 63.3 Å². The molecule has 0 aliphatic rings. The lowest BCUT2D eigenvalue weighted by Gasteiger charge is -2.05. The zero-order valence-electron chi connectivity index (χ0n) is 20.1. The Balaban J connectivity index is 0.00000104. The minimum atomic E-state index is -6.00. The minimum Gasteiger partial charge on any atom is -0.463 e. The second kappa shape index (κ2) is 16.9. The average molecular weight is 484 g/mol. The number of nitrogens with zero attached hydrogens (tertiary/aromatic N) is 2. The quantitative estimate of drug-likeness (QED) is 0.0681. The van der Waals surface area contributed by atoms with E-state index in [1.54, 1.807) is 0 Å². The molecule has 0 amide bonds. The van der Waals surface area contributed by atoms with Crippen molar-refractivity contribution in [3.8, 4) is 11.4 Å². The Morgan fingerprint density at radius 2 is 1.50 bits per heavy atom. The lowest BCUT2D eigenvalue weighted by Crippen LogP contribution is -2.34. The highest BCUT2D eigenvalue weighted by atomic mass is 19.5. The molecule has 1 aromatic carbocycles. The Labute approximate surface area is 200 Å². The van der Waals surface area contributed by atoms with Crippen LogP contribution in [0.15, 0.2) is 55.4 Å². The molecule has 0 atom stereocenters. The summed E-state index contributed by atoms with van der Waals surface area (Å²) < 4.78 is 48.7. The number of benzene rings is 1. The van der Waals surface area contributed by atoms with Crippen LogP contribution in [0.3, 0.4) is 0 Å². The van der Waals surface area contributed by atoms with Crippen LogP contribution in [-0.4, -0.2) is 24.4 Å². The summed E-state index contributed by atoms with van der Waals surface area (Å²) in [4.78, 5) is 10.9. The fourth-order valence-electron chi connectivity index (χ4n) is 3.67. The lowest BCUT2D eigenvalue weighted by atomic mass is 10.1. The van der Waals surface area contributed by atoms with Gasteiger partial charge in [0.05, 0.1) is 25.3 Å². The molecule has 0 aliphatic heterocycles. The molecule has 1 aromatic heterocycles. The molecule has 190 valence electrons. The first-order chi connectivity index (χ1) is 16.3. The Morgan fingerprint density at radius 3 is 2.03 bits per heavy atom. The standard InChI is InChI=1S/C25H37N2O2.BF4/c1-3-24(28)29-22-16-11-9-7-5-6-8-10-15-19-27-21-20-26(4-2)25(27)23-17-13-12-14-18-23;2-1(3,4)5/h3,12-14,17-18,20-21H,1,4-11,15-16,19,22H2,2H3;/q+1;-1. The van der Waals surface area contributed by atoms with Gasteiger partial charge in [-0.2, -0.15) is 0 Å². The monoisotopic (exact) mass is 484 g/mol. The number of aromatic nitrogens is 2. The second-order valence-electron chi connectivity index (χ2n) is 8.02. The molecule has 2 rings (SSSR count). The normalized spacial score (nSPS) is 11.0. The van der Waals surface area contributed by atoms with Crippen molar-refractivity contribution in [3.05, 3.63) is 55.4 Å². The molecule has 1 heterocycles. The number of carbonyl (C=O) groups is 1. The summed E-state index contributed by atoms with van der Waals surface area (Å²) in [5, 5.41) is 0. The number of rotatable bonds is 15. The molecule has 0 bridgehead atoms. The first-order valence-electron chi connectivity index (χ1n) is 12.1. The average Bonchev–Trinajstić information content (AvgIpc) is 3.22. The van der Waals surface area contributed by atoms with Crippen molar-refractivity contribution >= 4 is 13.2 Å². The van der Waals surface area contributed by atoms with Crippen LogP contribution in [0, 0.1) is 0 Å². The summed E-state index contributed by atoms with van der Waals surface area (Å²) in [6.07, 6.45) is 16.7. The van der Waals surface area contributed by atoms with Gasteiger partial charge in [0.1, 0.15) is 12.4 Å². The fraction of sp³-hybridized carbons (Fsp3) is 0.520. The number of ether oxygens (including phenoxy) is 1. The van der Waals surface area contributed by atoms with Crippen LogP contribution in [0.25, 0.3) is 11.4 Å². The topological polar surface area (TPSA) is 35.1 Å². The predicted molar refractivity (Wildman–Crippen MR) is 129 cm³/mol. The highest BCUT2D eigenvalue weighted by molar-refractivity contribution is 6.50. The number of aryl methyl sites for hydroxylation is 2. The van der Waals surface area contributed by atoms with Crippen molar-refractivity contribution in [2.24, 2.45) is 0 Å². The highest BCUT2D eigenvalue weighted by Crippen LogP contribution is 2.16. The number of hydrogen-bond acceptors (Lipinski definition) is 2. The first-order valence-corrected chi connectivity index (χ1v) is 12.1. The Morgan fingerprint density at radius 1 is 0.971 bits per heavy atom. The van der Waals surface area contributed by atoms with E-state index < -0.39 is 7.25 Å². The van der Waals surface area contributed by atoms with Gasteiger partial charge in [-0.25, -0.2) is 13.9 Å². The third-order valence-corrected chi connectivity index (χ3v) is 5.30. The minimum absolute atomic E-state index is 0.315. The third kappa shape index (κ3) is 13.9. The van der Waals surface area contributed by atoms with Crippen molar-refractivity contribution in [2.45, 2.75) is 77.8 Å². The summed E-state index contributed by atoms with van der Waals surface area (Å²) in [5.74, 6) is 0.997. The summed E-state index contributed by atoms with van der Waals surface area (Å²) in [6, 6.07) is 10.7. The molecule has 0 aliphatic carbocycles. The summed E-state index contributed by atoms with van der Waals surface area (Å²) in [6.45, 7) is 8.19. The van der Waals surface area contributed by atoms with Crippen molar-refractivity contribution in [2.75, 3.05) is 6.61 Å². The van der Waals surface area contributed by atoms with Crippen LogP contribution in [0.4, 0.5) is 17.3 Å². The van der Waals surface area contributed by atoms with E-state index in [9.17, 15) is 22.1 Å². The molecule has 0 fully saturated rings. The van der Waals surface area contributed by atoms with Gasteiger partial charge in [-0.05, 0) is 38.3 Å². The van der Waals surface area contributed by atoms with Gasteiger partial charge in [-0.3, -0.25) is 0 Å². The molecule has 9 heteroatoms. The van der Waals surface area contributed by atoms with Crippen molar-refractivity contribution < 1.29 is 31.4 Å². The number of imidazole rings is 1. The maximum Gasteiger partial charge on any atom is 0.673 e. The Kier molecular flexibility index (Phi) is 14.7. The van der Waals surface area contributed by atoms with Gasteiger partial charge in [0, 0.05) is 6.08 Å². The predicted octanol–water partition coefficient (Wildman–Crippen LogP) is 7.00. The van der Waals surface area contributed by atoms with Crippen LogP contribution >= 0.6 is 0 Å². The van der Waals surface area contributed by atoms with Crippen molar-refractivity contribution in [1.29, 1.82) is 0 Å². The molecule has 0 saturated heterocycles. The molecular weight excluding hydrogens is 447 g/mol. The molecule has 0 radical (unpaired) electrons. The molecule has 34 heavy (non-hydrogen) atoms. The molecule has 2 aromatic rings. The van der Waals surface area contributed by atoms with E-state index in [1.807, 2.05) is 0 Å².